The zero-order valence-corrected chi connectivity index (χ0v) is 16.5. The third-order valence-corrected chi connectivity index (χ3v) is 6.23. The average molecular weight is 369 g/mol. The molecular formula is C22H32N4O. The van der Waals surface area contributed by atoms with E-state index in [4.69, 9.17) is 0 Å². The fraction of sp³-hybridized carbons (Fsp3) is 0.636. The van der Waals surface area contributed by atoms with Gasteiger partial charge in [-0.25, -0.2) is 0 Å². The van der Waals surface area contributed by atoms with Crippen molar-refractivity contribution in [3.63, 3.8) is 0 Å². The van der Waals surface area contributed by atoms with E-state index >= 15 is 0 Å². The summed E-state index contributed by atoms with van der Waals surface area (Å²) in [5.41, 5.74) is 2.81. The third-order valence-electron chi connectivity index (χ3n) is 6.23. The molecule has 4 rings (SSSR count). The van der Waals surface area contributed by atoms with E-state index in [1.807, 2.05) is 7.05 Å². The topological polar surface area (TPSA) is 65.5 Å². The maximum atomic E-state index is 12.4. The molecule has 0 saturated heterocycles. The number of rotatable bonds is 5. The minimum absolute atomic E-state index is 0.149. The van der Waals surface area contributed by atoms with Gasteiger partial charge in [-0.15, -0.1) is 0 Å². The second kappa shape index (κ2) is 7.91. The summed E-state index contributed by atoms with van der Waals surface area (Å²) in [4.78, 5) is 16.8. The molecule has 0 aromatic heterocycles. The van der Waals surface area contributed by atoms with Crippen LogP contribution in [0.1, 0.15) is 62.0 Å². The van der Waals surface area contributed by atoms with E-state index in [1.54, 1.807) is 0 Å². The Hall–Kier alpha value is -2.04. The van der Waals surface area contributed by atoms with Crippen molar-refractivity contribution in [3.05, 3.63) is 35.4 Å². The smallest absolute Gasteiger partial charge is 0.223 e. The molecule has 5 nitrogen and oxygen atoms in total. The van der Waals surface area contributed by atoms with Crippen LogP contribution in [0.15, 0.2) is 29.3 Å². The lowest BCUT2D eigenvalue weighted by molar-refractivity contribution is -0.126. The molecule has 0 spiro atoms. The van der Waals surface area contributed by atoms with Gasteiger partial charge in [-0.2, -0.15) is 0 Å². The van der Waals surface area contributed by atoms with Gasteiger partial charge in [0.25, 0.3) is 0 Å². The first-order chi connectivity index (χ1) is 13.1. The minimum atomic E-state index is 0.149. The summed E-state index contributed by atoms with van der Waals surface area (Å²) in [7, 11) is 1.83. The van der Waals surface area contributed by atoms with Crippen molar-refractivity contribution >= 4 is 11.9 Å². The maximum Gasteiger partial charge on any atom is 0.223 e. The van der Waals surface area contributed by atoms with Crippen LogP contribution in [0.5, 0.6) is 0 Å². The van der Waals surface area contributed by atoms with E-state index in [9.17, 15) is 4.79 Å². The molecule has 4 atom stereocenters. The highest BCUT2D eigenvalue weighted by molar-refractivity contribution is 5.82. The van der Waals surface area contributed by atoms with Crippen LogP contribution in [0.25, 0.3) is 0 Å². The highest BCUT2D eigenvalue weighted by Crippen LogP contribution is 2.42. The van der Waals surface area contributed by atoms with Gasteiger partial charge in [0.05, 0.1) is 0 Å². The van der Waals surface area contributed by atoms with Gasteiger partial charge in [0.1, 0.15) is 0 Å². The van der Waals surface area contributed by atoms with Crippen LogP contribution < -0.4 is 16.0 Å². The first-order valence-electron chi connectivity index (χ1n) is 10.5. The molecule has 5 heteroatoms. The Kier molecular flexibility index (Phi) is 5.37. The van der Waals surface area contributed by atoms with Crippen molar-refractivity contribution in [2.75, 3.05) is 7.05 Å². The Labute approximate surface area is 162 Å². The van der Waals surface area contributed by atoms with Gasteiger partial charge in [0, 0.05) is 37.0 Å². The highest BCUT2D eigenvalue weighted by Gasteiger charge is 2.40. The van der Waals surface area contributed by atoms with Crippen molar-refractivity contribution in [2.24, 2.45) is 10.9 Å². The van der Waals surface area contributed by atoms with E-state index in [2.05, 4.69) is 52.1 Å². The number of guanidine groups is 1. The van der Waals surface area contributed by atoms with Gasteiger partial charge in [-0.3, -0.25) is 9.79 Å². The molecule has 1 aromatic rings. The highest BCUT2D eigenvalue weighted by atomic mass is 16.2. The predicted molar refractivity (Wildman–Crippen MR) is 109 cm³/mol. The maximum absolute atomic E-state index is 12.4. The van der Waals surface area contributed by atoms with Gasteiger partial charge in [-0.1, -0.05) is 30.7 Å². The normalized spacial score (nSPS) is 30.5. The number of carbonyl (C=O) groups excluding carboxylic acids is 1. The number of benzene rings is 1. The van der Waals surface area contributed by atoms with E-state index in [1.165, 1.54) is 11.1 Å². The Morgan fingerprint density at radius 3 is 2.56 bits per heavy atom. The lowest BCUT2D eigenvalue weighted by atomic mass is 9.85. The molecule has 3 N–H and O–H groups in total. The summed E-state index contributed by atoms with van der Waals surface area (Å²) >= 11 is 0. The van der Waals surface area contributed by atoms with E-state index in [0.29, 0.717) is 24.0 Å². The van der Waals surface area contributed by atoms with Crippen LogP contribution >= 0.6 is 0 Å². The molecule has 1 aromatic carbocycles. The van der Waals surface area contributed by atoms with E-state index < -0.39 is 0 Å². The summed E-state index contributed by atoms with van der Waals surface area (Å²) < 4.78 is 0. The quantitative estimate of drug-likeness (QED) is 0.553. The third kappa shape index (κ3) is 4.63. The lowest BCUT2D eigenvalue weighted by Gasteiger charge is -2.30. The molecule has 3 saturated carbocycles. The van der Waals surface area contributed by atoms with Gasteiger partial charge < -0.3 is 16.0 Å². The van der Waals surface area contributed by atoms with Crippen LogP contribution in [0, 0.1) is 12.8 Å². The SMILES string of the molecule is CN=C(NC1CCCC(C(=O)NC2CC2)C1)NC1CC1c1ccccc1C. The number of aliphatic imine (C=N–C) groups is 1. The van der Waals surface area contributed by atoms with Crippen LogP contribution in [0.2, 0.25) is 0 Å². The van der Waals surface area contributed by atoms with E-state index in [-0.39, 0.29) is 11.8 Å². The molecule has 3 fully saturated rings. The summed E-state index contributed by atoms with van der Waals surface area (Å²) in [6, 6.07) is 9.89. The second-order valence-electron chi connectivity index (χ2n) is 8.51. The van der Waals surface area contributed by atoms with Gasteiger partial charge >= 0.3 is 0 Å². The van der Waals surface area contributed by atoms with Gasteiger partial charge in [0.15, 0.2) is 5.96 Å². The molecule has 0 heterocycles. The minimum Gasteiger partial charge on any atom is -0.354 e. The average Bonchev–Trinajstić information content (AvgIpc) is 3.59. The first-order valence-corrected chi connectivity index (χ1v) is 10.5. The van der Waals surface area contributed by atoms with E-state index in [0.717, 1.165) is 50.9 Å². The van der Waals surface area contributed by atoms with Crippen LogP contribution in [-0.2, 0) is 4.79 Å². The largest absolute Gasteiger partial charge is 0.354 e. The predicted octanol–water partition coefficient (Wildman–Crippen LogP) is 2.85. The lowest BCUT2D eigenvalue weighted by Crippen LogP contribution is -2.47. The fourth-order valence-electron chi connectivity index (χ4n) is 4.35. The molecule has 0 bridgehead atoms. The number of amides is 1. The molecule has 0 aliphatic heterocycles. The summed E-state index contributed by atoms with van der Waals surface area (Å²) in [6.07, 6.45) is 7.60. The first kappa shape index (κ1) is 18.3. The molecule has 3 aliphatic carbocycles. The molecule has 27 heavy (non-hydrogen) atoms. The second-order valence-corrected chi connectivity index (χ2v) is 8.51. The Bertz CT molecular complexity index is 712. The number of nitrogens with zero attached hydrogens (tertiary/aromatic N) is 1. The van der Waals surface area contributed by atoms with Crippen LogP contribution in [0.4, 0.5) is 0 Å². The van der Waals surface area contributed by atoms with Gasteiger partial charge in [0.2, 0.25) is 5.91 Å². The van der Waals surface area contributed by atoms with Crippen molar-refractivity contribution in [2.45, 2.75) is 75.9 Å². The standard InChI is InChI=1S/C22H32N4O/c1-14-6-3-4-9-18(14)19-13-20(19)26-22(23-2)25-17-8-5-7-15(12-17)21(27)24-16-10-11-16/h3-4,6,9,15-17,19-20H,5,7-8,10-13H2,1-2H3,(H,24,27)(H2,23,25,26). The number of nitrogens with one attached hydrogen (secondary N) is 3. The van der Waals surface area contributed by atoms with Crippen molar-refractivity contribution in [3.8, 4) is 0 Å². The number of hydrogen-bond acceptors (Lipinski definition) is 2. The Balaban J connectivity index is 1.28. The molecule has 1 amide bonds. The zero-order valence-electron chi connectivity index (χ0n) is 16.5. The summed E-state index contributed by atoms with van der Waals surface area (Å²) in [5.74, 6) is 1.86. The molecule has 4 unspecified atom stereocenters. The Morgan fingerprint density at radius 1 is 1.00 bits per heavy atom. The molecule has 0 radical (unpaired) electrons. The van der Waals surface area contributed by atoms with Crippen LogP contribution in [-0.4, -0.2) is 37.0 Å². The number of carbonyl (C=O) groups is 1. The number of aryl methyl sites for hydroxylation is 1. The van der Waals surface area contributed by atoms with Crippen molar-refractivity contribution < 1.29 is 4.79 Å². The number of hydrogen-bond donors (Lipinski definition) is 3. The fourth-order valence-corrected chi connectivity index (χ4v) is 4.35. The van der Waals surface area contributed by atoms with Gasteiger partial charge in [-0.05, 0) is 56.6 Å². The molecule has 146 valence electrons. The summed E-state index contributed by atoms with van der Waals surface area (Å²) in [5, 5.41) is 10.3. The summed E-state index contributed by atoms with van der Waals surface area (Å²) in [6.45, 7) is 2.19. The monoisotopic (exact) mass is 368 g/mol. The molecular weight excluding hydrogens is 336 g/mol. The Morgan fingerprint density at radius 2 is 1.81 bits per heavy atom. The molecule has 3 aliphatic rings. The van der Waals surface area contributed by atoms with Crippen molar-refractivity contribution in [1.29, 1.82) is 0 Å². The van der Waals surface area contributed by atoms with Crippen LogP contribution in [0.3, 0.4) is 0 Å². The zero-order chi connectivity index (χ0) is 18.8. The van der Waals surface area contributed by atoms with Crippen molar-refractivity contribution in [1.82, 2.24) is 16.0 Å².